The summed E-state index contributed by atoms with van der Waals surface area (Å²) < 4.78 is 0. The van der Waals surface area contributed by atoms with E-state index in [1.54, 1.807) is 23.9 Å². The van der Waals surface area contributed by atoms with Crippen molar-refractivity contribution in [3.05, 3.63) is 59.1 Å². The quantitative estimate of drug-likeness (QED) is 0.915. The van der Waals surface area contributed by atoms with Crippen LogP contribution in [0.5, 0.6) is 0 Å². The van der Waals surface area contributed by atoms with Crippen LogP contribution in [0.2, 0.25) is 5.02 Å². The van der Waals surface area contributed by atoms with Crippen molar-refractivity contribution in [2.45, 2.75) is 13.1 Å². The third-order valence-corrected chi connectivity index (χ3v) is 4.64. The van der Waals surface area contributed by atoms with E-state index in [1.807, 2.05) is 43.3 Å². The van der Waals surface area contributed by atoms with E-state index in [0.717, 1.165) is 21.9 Å². The lowest BCUT2D eigenvalue weighted by Crippen LogP contribution is -2.34. The monoisotopic (exact) mass is 330 g/mol. The predicted molar refractivity (Wildman–Crippen MR) is 93.7 cm³/mol. The summed E-state index contributed by atoms with van der Waals surface area (Å²) in [6.45, 7) is 1.95. The topological polar surface area (TPSA) is 41.5 Å². The van der Waals surface area contributed by atoms with Gasteiger partial charge in [-0.2, -0.15) is 0 Å². The van der Waals surface area contributed by atoms with Gasteiger partial charge < -0.3 is 5.32 Å². The van der Waals surface area contributed by atoms with Gasteiger partial charge in [0.25, 0.3) is 5.91 Å². The van der Waals surface area contributed by atoms with Crippen molar-refractivity contribution in [3.63, 3.8) is 0 Å². The molecular formula is C17H15ClN2OS. The lowest BCUT2D eigenvalue weighted by molar-refractivity contribution is 0.0943. The number of hydrogen-bond acceptors (Lipinski definition) is 3. The summed E-state index contributed by atoms with van der Waals surface area (Å²) in [5, 5.41) is 4.58. The van der Waals surface area contributed by atoms with Crippen LogP contribution in [0.1, 0.15) is 17.3 Å². The highest BCUT2D eigenvalue weighted by Gasteiger charge is 2.20. The van der Waals surface area contributed by atoms with Crippen LogP contribution in [0.15, 0.2) is 53.5 Å². The van der Waals surface area contributed by atoms with E-state index in [4.69, 9.17) is 11.6 Å². The molecule has 5 heteroatoms. The number of aliphatic imine (C=N–C) groups is 1. The summed E-state index contributed by atoms with van der Waals surface area (Å²) in [5.74, 6) is 0.658. The van der Waals surface area contributed by atoms with Gasteiger partial charge in [0.05, 0.1) is 5.04 Å². The molecule has 0 spiro atoms. The average Bonchev–Trinajstić information content (AvgIpc) is 2.93. The molecule has 0 radical (unpaired) electrons. The van der Waals surface area contributed by atoms with Gasteiger partial charge >= 0.3 is 0 Å². The molecule has 1 heterocycles. The molecule has 1 aliphatic rings. The first-order valence-electron chi connectivity index (χ1n) is 6.96. The van der Waals surface area contributed by atoms with Crippen molar-refractivity contribution >= 4 is 34.3 Å². The first-order valence-corrected chi connectivity index (χ1v) is 8.33. The number of benzene rings is 2. The summed E-state index contributed by atoms with van der Waals surface area (Å²) in [5.41, 5.74) is 2.41. The second-order valence-electron chi connectivity index (χ2n) is 5.00. The number of carbonyl (C=O) groups is 1. The zero-order chi connectivity index (χ0) is 15.5. The summed E-state index contributed by atoms with van der Waals surface area (Å²) >= 11 is 7.76. The SMILES string of the molecule is CC1=N[C@H](NC(=O)c2ccc(Cl)cc2-c2ccccc2)CS1. The Kier molecular flexibility index (Phi) is 4.50. The minimum absolute atomic E-state index is 0.125. The van der Waals surface area contributed by atoms with Gasteiger partial charge in [-0.25, -0.2) is 0 Å². The molecule has 3 nitrogen and oxygen atoms in total. The molecular weight excluding hydrogens is 316 g/mol. The molecule has 3 rings (SSSR count). The second kappa shape index (κ2) is 6.55. The maximum atomic E-state index is 12.6. The molecule has 0 saturated carbocycles. The summed E-state index contributed by atoms with van der Waals surface area (Å²) in [7, 11) is 0. The van der Waals surface area contributed by atoms with Crippen molar-refractivity contribution in [2.24, 2.45) is 4.99 Å². The molecule has 0 bridgehead atoms. The highest BCUT2D eigenvalue weighted by Crippen LogP contribution is 2.27. The Morgan fingerprint density at radius 2 is 2.05 bits per heavy atom. The lowest BCUT2D eigenvalue weighted by atomic mass is 9.99. The van der Waals surface area contributed by atoms with Crippen molar-refractivity contribution in [1.29, 1.82) is 0 Å². The number of rotatable bonds is 3. The maximum Gasteiger partial charge on any atom is 0.253 e. The molecule has 0 saturated heterocycles. The highest BCUT2D eigenvalue weighted by molar-refractivity contribution is 8.14. The summed E-state index contributed by atoms with van der Waals surface area (Å²) in [6.07, 6.45) is -0.156. The first kappa shape index (κ1) is 15.1. The van der Waals surface area contributed by atoms with E-state index in [2.05, 4.69) is 10.3 Å². The normalized spacial score (nSPS) is 17.2. The van der Waals surface area contributed by atoms with Gasteiger partial charge in [-0.1, -0.05) is 41.9 Å². The molecule has 0 fully saturated rings. The van der Waals surface area contributed by atoms with Crippen molar-refractivity contribution in [1.82, 2.24) is 5.32 Å². The van der Waals surface area contributed by atoms with Crippen molar-refractivity contribution in [3.8, 4) is 11.1 Å². The van der Waals surface area contributed by atoms with Gasteiger partial charge in [0, 0.05) is 16.3 Å². The van der Waals surface area contributed by atoms with Gasteiger partial charge in [0.2, 0.25) is 0 Å². The Hall–Kier alpha value is -1.78. The lowest BCUT2D eigenvalue weighted by Gasteiger charge is -2.13. The van der Waals surface area contributed by atoms with Gasteiger partial charge in [0.15, 0.2) is 0 Å². The van der Waals surface area contributed by atoms with Crippen LogP contribution in [0.3, 0.4) is 0 Å². The first-order chi connectivity index (χ1) is 10.6. The number of nitrogens with zero attached hydrogens (tertiary/aromatic N) is 1. The van der Waals surface area contributed by atoms with Gasteiger partial charge in [-0.15, -0.1) is 11.8 Å². The Morgan fingerprint density at radius 1 is 1.27 bits per heavy atom. The third-order valence-electron chi connectivity index (χ3n) is 3.40. The van der Waals surface area contributed by atoms with Crippen LogP contribution in [0.25, 0.3) is 11.1 Å². The van der Waals surface area contributed by atoms with Crippen molar-refractivity contribution < 1.29 is 4.79 Å². The van der Waals surface area contributed by atoms with Crippen LogP contribution < -0.4 is 5.32 Å². The average molecular weight is 331 g/mol. The maximum absolute atomic E-state index is 12.6. The van der Waals surface area contributed by atoms with E-state index in [-0.39, 0.29) is 12.1 Å². The smallest absolute Gasteiger partial charge is 0.253 e. The Morgan fingerprint density at radius 3 is 2.73 bits per heavy atom. The fourth-order valence-corrected chi connectivity index (χ4v) is 3.30. The minimum Gasteiger partial charge on any atom is -0.329 e. The van der Waals surface area contributed by atoms with E-state index in [0.29, 0.717) is 10.6 Å². The zero-order valence-electron chi connectivity index (χ0n) is 12.0. The second-order valence-corrected chi connectivity index (χ2v) is 6.65. The molecule has 22 heavy (non-hydrogen) atoms. The Bertz CT molecular complexity index is 731. The fraction of sp³-hybridized carbons (Fsp3) is 0.176. The molecule has 1 N–H and O–H groups in total. The molecule has 1 atom stereocenters. The molecule has 112 valence electrons. The number of amides is 1. The molecule has 0 unspecified atom stereocenters. The largest absolute Gasteiger partial charge is 0.329 e. The summed E-state index contributed by atoms with van der Waals surface area (Å²) in [6, 6.07) is 15.1. The number of thioether (sulfide) groups is 1. The molecule has 0 aromatic heterocycles. The number of nitrogens with one attached hydrogen (secondary N) is 1. The van der Waals surface area contributed by atoms with Crippen LogP contribution in [0, 0.1) is 0 Å². The van der Waals surface area contributed by atoms with E-state index < -0.39 is 0 Å². The zero-order valence-corrected chi connectivity index (χ0v) is 13.6. The number of halogens is 1. The summed E-state index contributed by atoms with van der Waals surface area (Å²) in [4.78, 5) is 17.0. The molecule has 2 aromatic rings. The third kappa shape index (κ3) is 3.34. The van der Waals surface area contributed by atoms with Crippen LogP contribution in [0.4, 0.5) is 0 Å². The predicted octanol–water partition coefficient (Wildman–Crippen LogP) is 4.23. The Labute approximate surface area is 138 Å². The molecule has 2 aromatic carbocycles. The van der Waals surface area contributed by atoms with Crippen LogP contribution in [-0.2, 0) is 0 Å². The Balaban J connectivity index is 1.92. The van der Waals surface area contributed by atoms with E-state index in [1.165, 1.54) is 0 Å². The molecule has 0 aliphatic carbocycles. The standard InChI is InChI=1S/C17H15ClN2OS/c1-11-19-16(10-22-11)20-17(21)14-8-7-13(18)9-15(14)12-5-3-2-4-6-12/h2-9,16H,10H2,1H3,(H,20,21)/t16-/m1/s1. The fourth-order valence-electron chi connectivity index (χ4n) is 2.37. The molecule has 1 amide bonds. The van der Waals surface area contributed by atoms with Crippen LogP contribution in [-0.4, -0.2) is 22.9 Å². The number of hydrogen-bond donors (Lipinski definition) is 1. The number of carbonyl (C=O) groups excluding carboxylic acids is 1. The van der Waals surface area contributed by atoms with E-state index in [9.17, 15) is 4.79 Å². The highest BCUT2D eigenvalue weighted by atomic mass is 35.5. The molecule has 1 aliphatic heterocycles. The van der Waals surface area contributed by atoms with Crippen molar-refractivity contribution in [2.75, 3.05) is 5.75 Å². The van der Waals surface area contributed by atoms with Gasteiger partial charge in [-0.3, -0.25) is 9.79 Å². The minimum atomic E-state index is -0.156. The van der Waals surface area contributed by atoms with Crippen LogP contribution >= 0.6 is 23.4 Å². The van der Waals surface area contributed by atoms with Gasteiger partial charge in [0.1, 0.15) is 6.17 Å². The van der Waals surface area contributed by atoms with Gasteiger partial charge in [-0.05, 0) is 36.2 Å². The van der Waals surface area contributed by atoms with E-state index >= 15 is 0 Å².